The summed E-state index contributed by atoms with van der Waals surface area (Å²) in [4.78, 5) is 19.2. The fourth-order valence-electron chi connectivity index (χ4n) is 4.34. The number of carbonyl (C=O) groups is 1. The van der Waals surface area contributed by atoms with Crippen molar-refractivity contribution < 1.29 is 17.9 Å². The number of hydrogen-bond acceptors (Lipinski definition) is 6. The van der Waals surface area contributed by atoms with Gasteiger partial charge < -0.3 is 9.30 Å². The van der Waals surface area contributed by atoms with E-state index in [2.05, 4.69) is 18.4 Å². The maximum Gasteiger partial charge on any atom is 0.320 e. The fraction of sp³-hybridized carbons (Fsp3) is 0.652. The number of aromatic nitrogens is 2. The minimum atomic E-state index is -3.51. The van der Waals surface area contributed by atoms with Crippen LogP contribution in [0.4, 0.5) is 0 Å². The molecule has 2 aromatic rings. The summed E-state index contributed by atoms with van der Waals surface area (Å²) in [6.07, 6.45) is 2.89. The van der Waals surface area contributed by atoms with E-state index in [0.717, 1.165) is 37.1 Å². The van der Waals surface area contributed by atoms with E-state index in [1.807, 2.05) is 17.9 Å². The van der Waals surface area contributed by atoms with Crippen LogP contribution < -0.4 is 0 Å². The first-order valence-electron chi connectivity index (χ1n) is 11.6. The molecule has 1 aromatic heterocycles. The second-order valence-corrected chi connectivity index (χ2v) is 10.7. The molecule has 0 unspecified atom stereocenters. The van der Waals surface area contributed by atoms with Crippen LogP contribution in [0.1, 0.15) is 52.8 Å². The van der Waals surface area contributed by atoms with Gasteiger partial charge in [-0.25, -0.2) is 13.4 Å². The Bertz CT molecular complexity index is 1030. The second-order valence-electron chi connectivity index (χ2n) is 8.76. The van der Waals surface area contributed by atoms with E-state index >= 15 is 0 Å². The largest absolute Gasteiger partial charge is 0.465 e. The lowest BCUT2D eigenvalue weighted by atomic mass is 10.2. The number of sulfonamides is 1. The van der Waals surface area contributed by atoms with Crippen molar-refractivity contribution in [3.8, 4) is 0 Å². The number of fused-ring (bicyclic) bond motifs is 1. The van der Waals surface area contributed by atoms with Gasteiger partial charge in [-0.1, -0.05) is 20.3 Å². The standard InChI is InChI=1S/C23H36N4O4S/c1-5-27-21-11-10-19(32(29,30)26-12-8-7-9-13-26)14-20(21)24-22(27)16-25(15-18(3)4)17-23(28)31-6-2/h10-11,14,18H,5-9,12-13,15-17H2,1-4H3. The van der Waals surface area contributed by atoms with Gasteiger partial charge in [-0.15, -0.1) is 0 Å². The molecule has 1 saturated heterocycles. The average Bonchev–Trinajstić information content (AvgIpc) is 3.10. The molecule has 8 nitrogen and oxygen atoms in total. The lowest BCUT2D eigenvalue weighted by molar-refractivity contribution is -0.144. The zero-order chi connectivity index (χ0) is 23.3. The van der Waals surface area contributed by atoms with E-state index < -0.39 is 10.0 Å². The quantitative estimate of drug-likeness (QED) is 0.502. The van der Waals surface area contributed by atoms with E-state index in [-0.39, 0.29) is 12.5 Å². The minimum Gasteiger partial charge on any atom is -0.465 e. The summed E-state index contributed by atoms with van der Waals surface area (Å²) >= 11 is 0. The van der Waals surface area contributed by atoms with Crippen molar-refractivity contribution in [2.24, 2.45) is 5.92 Å². The maximum atomic E-state index is 13.1. The molecular formula is C23H36N4O4S. The first-order valence-corrected chi connectivity index (χ1v) is 13.1. The predicted octanol–water partition coefficient (Wildman–Crippen LogP) is 3.25. The molecule has 1 aliphatic rings. The number of carbonyl (C=O) groups excluding carboxylic acids is 1. The van der Waals surface area contributed by atoms with E-state index in [1.165, 1.54) is 0 Å². The van der Waals surface area contributed by atoms with Crippen LogP contribution in [0.2, 0.25) is 0 Å². The molecule has 3 rings (SSSR count). The number of ether oxygens (including phenoxy) is 1. The lowest BCUT2D eigenvalue weighted by Gasteiger charge is -2.25. The van der Waals surface area contributed by atoms with Crippen LogP contribution >= 0.6 is 0 Å². The smallest absolute Gasteiger partial charge is 0.320 e. The summed E-state index contributed by atoms with van der Waals surface area (Å²) in [5.74, 6) is 0.951. The Balaban J connectivity index is 1.91. The molecule has 0 aliphatic carbocycles. The number of piperidine rings is 1. The number of nitrogens with zero attached hydrogens (tertiary/aromatic N) is 4. The molecule has 0 N–H and O–H groups in total. The molecule has 0 saturated carbocycles. The van der Waals surface area contributed by atoms with Gasteiger partial charge in [-0.2, -0.15) is 4.31 Å². The topological polar surface area (TPSA) is 84.7 Å². The summed E-state index contributed by atoms with van der Waals surface area (Å²) in [5.41, 5.74) is 1.57. The van der Waals surface area contributed by atoms with E-state index in [1.54, 1.807) is 23.4 Å². The Labute approximate surface area is 191 Å². The molecular weight excluding hydrogens is 428 g/mol. The number of imidazole rings is 1. The van der Waals surface area contributed by atoms with Crippen molar-refractivity contribution in [2.75, 3.05) is 32.8 Å². The van der Waals surface area contributed by atoms with Gasteiger partial charge in [0.25, 0.3) is 0 Å². The molecule has 9 heteroatoms. The Kier molecular flexibility index (Phi) is 8.30. The second kappa shape index (κ2) is 10.8. The number of hydrogen-bond donors (Lipinski definition) is 0. The van der Waals surface area contributed by atoms with E-state index in [4.69, 9.17) is 9.72 Å². The fourth-order valence-corrected chi connectivity index (χ4v) is 5.88. The van der Waals surface area contributed by atoms with Crippen LogP contribution in [0.25, 0.3) is 11.0 Å². The van der Waals surface area contributed by atoms with Crippen molar-refractivity contribution in [1.82, 2.24) is 18.8 Å². The highest BCUT2D eigenvalue weighted by molar-refractivity contribution is 7.89. The number of rotatable bonds is 10. The normalized spacial score (nSPS) is 15.7. The molecule has 0 amide bonds. The zero-order valence-electron chi connectivity index (χ0n) is 19.7. The number of esters is 1. The van der Waals surface area contributed by atoms with Gasteiger partial charge in [0.05, 0.1) is 35.6 Å². The highest BCUT2D eigenvalue weighted by atomic mass is 32.2. The Hall–Kier alpha value is -1.97. The van der Waals surface area contributed by atoms with Crippen LogP contribution in [-0.4, -0.2) is 65.9 Å². The monoisotopic (exact) mass is 464 g/mol. The zero-order valence-corrected chi connectivity index (χ0v) is 20.5. The maximum absolute atomic E-state index is 13.1. The summed E-state index contributed by atoms with van der Waals surface area (Å²) < 4.78 is 35.0. The first kappa shape index (κ1) is 24.7. The van der Waals surface area contributed by atoms with Crippen LogP contribution in [0.15, 0.2) is 23.1 Å². The molecule has 1 fully saturated rings. The predicted molar refractivity (Wildman–Crippen MR) is 125 cm³/mol. The molecule has 178 valence electrons. The third-order valence-corrected chi connectivity index (χ3v) is 7.61. The molecule has 2 heterocycles. The molecule has 1 aromatic carbocycles. The molecule has 0 radical (unpaired) electrons. The molecule has 1 aliphatic heterocycles. The lowest BCUT2D eigenvalue weighted by Crippen LogP contribution is -2.35. The third-order valence-electron chi connectivity index (χ3n) is 5.71. The van der Waals surface area contributed by atoms with Gasteiger partial charge in [0.1, 0.15) is 5.82 Å². The average molecular weight is 465 g/mol. The van der Waals surface area contributed by atoms with Crippen LogP contribution in [-0.2, 0) is 32.6 Å². The highest BCUT2D eigenvalue weighted by Gasteiger charge is 2.27. The summed E-state index contributed by atoms with van der Waals surface area (Å²) in [6, 6.07) is 5.23. The van der Waals surface area contributed by atoms with E-state index in [0.29, 0.717) is 49.1 Å². The molecule has 0 spiro atoms. The third kappa shape index (κ3) is 5.68. The van der Waals surface area contributed by atoms with Crippen molar-refractivity contribution >= 4 is 27.0 Å². The van der Waals surface area contributed by atoms with Crippen molar-refractivity contribution in [1.29, 1.82) is 0 Å². The first-order chi connectivity index (χ1) is 15.3. The van der Waals surface area contributed by atoms with Gasteiger partial charge in [0, 0.05) is 26.2 Å². The summed E-state index contributed by atoms with van der Waals surface area (Å²) in [6.45, 7) is 11.7. The van der Waals surface area contributed by atoms with Gasteiger partial charge >= 0.3 is 5.97 Å². The van der Waals surface area contributed by atoms with Gasteiger partial charge in [-0.05, 0) is 50.8 Å². The molecule has 32 heavy (non-hydrogen) atoms. The van der Waals surface area contributed by atoms with Crippen molar-refractivity contribution in [3.05, 3.63) is 24.0 Å². The summed E-state index contributed by atoms with van der Waals surface area (Å²) in [5, 5.41) is 0. The SMILES string of the molecule is CCOC(=O)CN(Cc1nc2cc(S(=O)(=O)N3CCCCC3)ccc2n1CC)CC(C)C. The van der Waals surface area contributed by atoms with Gasteiger partial charge in [0.15, 0.2) is 0 Å². The summed E-state index contributed by atoms with van der Waals surface area (Å²) in [7, 11) is -3.51. The highest BCUT2D eigenvalue weighted by Crippen LogP contribution is 2.25. The Morgan fingerprint density at radius 1 is 1.19 bits per heavy atom. The Morgan fingerprint density at radius 3 is 2.53 bits per heavy atom. The minimum absolute atomic E-state index is 0.202. The van der Waals surface area contributed by atoms with Crippen LogP contribution in [0.5, 0.6) is 0 Å². The van der Waals surface area contributed by atoms with Crippen molar-refractivity contribution in [2.45, 2.75) is 64.9 Å². The van der Waals surface area contributed by atoms with Gasteiger partial charge in [0.2, 0.25) is 10.0 Å². The van der Waals surface area contributed by atoms with Crippen LogP contribution in [0, 0.1) is 5.92 Å². The van der Waals surface area contributed by atoms with Gasteiger partial charge in [-0.3, -0.25) is 9.69 Å². The van der Waals surface area contributed by atoms with Crippen LogP contribution in [0.3, 0.4) is 0 Å². The number of aryl methyl sites for hydroxylation is 1. The van der Waals surface area contributed by atoms with Crippen molar-refractivity contribution in [3.63, 3.8) is 0 Å². The van der Waals surface area contributed by atoms with E-state index in [9.17, 15) is 13.2 Å². The Morgan fingerprint density at radius 2 is 1.91 bits per heavy atom. The molecule has 0 bridgehead atoms. The number of benzene rings is 1. The molecule has 0 atom stereocenters.